The predicted octanol–water partition coefficient (Wildman–Crippen LogP) is 4.86. The van der Waals surface area contributed by atoms with Crippen molar-refractivity contribution in [1.82, 2.24) is 4.98 Å². The van der Waals surface area contributed by atoms with Gasteiger partial charge < -0.3 is 10.2 Å². The molecule has 0 unspecified atom stereocenters. The number of anilines is 2. The van der Waals surface area contributed by atoms with Crippen molar-refractivity contribution < 1.29 is 35.5 Å². The van der Waals surface area contributed by atoms with Crippen LogP contribution in [0.1, 0.15) is 16.8 Å². The van der Waals surface area contributed by atoms with Crippen molar-refractivity contribution in [3.8, 4) is 6.07 Å². The van der Waals surface area contributed by atoms with Gasteiger partial charge in [-0.1, -0.05) is 11.6 Å². The van der Waals surface area contributed by atoms with Crippen molar-refractivity contribution in [1.29, 1.82) is 5.26 Å². The number of pyridine rings is 1. The zero-order valence-electron chi connectivity index (χ0n) is 14.8. The highest BCUT2D eigenvalue weighted by Crippen LogP contribution is 2.38. The average molecular weight is 455 g/mol. The summed E-state index contributed by atoms with van der Waals surface area (Å²) in [5.41, 5.74) is -4.90. The van der Waals surface area contributed by atoms with E-state index in [-0.39, 0.29) is 16.8 Å². The van der Waals surface area contributed by atoms with Crippen LogP contribution < -0.4 is 10.2 Å². The first kappa shape index (κ1) is 23.2. The van der Waals surface area contributed by atoms with E-state index >= 15 is 0 Å². The van der Waals surface area contributed by atoms with Crippen LogP contribution in [0.2, 0.25) is 5.02 Å². The molecule has 0 spiro atoms. The molecule has 0 fully saturated rings. The van der Waals surface area contributed by atoms with Gasteiger partial charge in [-0.25, -0.2) is 9.37 Å². The Labute approximate surface area is 169 Å². The van der Waals surface area contributed by atoms with E-state index in [1.807, 2.05) is 5.32 Å². The summed E-state index contributed by atoms with van der Waals surface area (Å²) in [7, 11) is 1.20. The number of aromatic nitrogens is 1. The largest absolute Gasteiger partial charge is 0.433 e. The van der Waals surface area contributed by atoms with Crippen LogP contribution in [0.5, 0.6) is 0 Å². The molecule has 1 heterocycles. The summed E-state index contributed by atoms with van der Waals surface area (Å²) in [6, 6.07) is 3.93. The van der Waals surface area contributed by atoms with E-state index in [0.29, 0.717) is 0 Å². The van der Waals surface area contributed by atoms with Gasteiger partial charge in [-0.2, -0.15) is 31.6 Å². The molecule has 1 aromatic carbocycles. The van der Waals surface area contributed by atoms with E-state index in [9.17, 15) is 35.5 Å². The van der Waals surface area contributed by atoms with E-state index in [2.05, 4.69) is 4.98 Å². The van der Waals surface area contributed by atoms with Crippen LogP contribution in [-0.4, -0.2) is 24.5 Å². The first-order valence-corrected chi connectivity index (χ1v) is 8.18. The van der Waals surface area contributed by atoms with Crippen molar-refractivity contribution in [3.05, 3.63) is 51.9 Å². The lowest BCUT2D eigenvalue weighted by atomic mass is 10.1. The summed E-state index contributed by atoms with van der Waals surface area (Å²) < 4.78 is 91.3. The number of halogens is 8. The fourth-order valence-corrected chi connectivity index (χ4v) is 2.61. The highest BCUT2D eigenvalue weighted by molar-refractivity contribution is 6.33. The lowest BCUT2D eigenvalue weighted by Crippen LogP contribution is -2.33. The number of nitriles is 1. The van der Waals surface area contributed by atoms with Crippen LogP contribution in [0, 0.1) is 17.1 Å². The molecule has 0 aliphatic carbocycles. The number of nitrogens with zero attached hydrogens (tertiary/aromatic N) is 3. The summed E-state index contributed by atoms with van der Waals surface area (Å²) >= 11 is 5.82. The number of hydrogen-bond acceptors (Lipinski definition) is 4. The Bertz CT molecular complexity index is 1010. The van der Waals surface area contributed by atoms with Crippen molar-refractivity contribution >= 4 is 29.0 Å². The van der Waals surface area contributed by atoms with Crippen molar-refractivity contribution in [2.24, 2.45) is 0 Å². The molecule has 5 nitrogen and oxygen atoms in total. The Morgan fingerprint density at radius 2 is 1.83 bits per heavy atom. The lowest BCUT2D eigenvalue weighted by Gasteiger charge is -2.20. The van der Waals surface area contributed by atoms with Crippen LogP contribution in [0.25, 0.3) is 0 Å². The summed E-state index contributed by atoms with van der Waals surface area (Å²) in [4.78, 5) is 16.2. The summed E-state index contributed by atoms with van der Waals surface area (Å²) in [5.74, 6) is -2.61. The quantitative estimate of drug-likeness (QED) is 0.670. The van der Waals surface area contributed by atoms with Gasteiger partial charge in [-0.15, -0.1) is 0 Å². The first-order valence-electron chi connectivity index (χ1n) is 7.80. The summed E-state index contributed by atoms with van der Waals surface area (Å²) in [5, 5.41) is 10.9. The number of amides is 1. The molecular formula is C17H10ClF7N4O. The van der Waals surface area contributed by atoms with Crippen molar-refractivity contribution in [2.45, 2.75) is 12.4 Å². The fraction of sp³-hybridized carbons (Fsp3) is 0.235. The van der Waals surface area contributed by atoms with Crippen LogP contribution >= 0.6 is 11.6 Å². The van der Waals surface area contributed by atoms with Gasteiger partial charge in [0.15, 0.2) is 0 Å². The molecule has 2 aromatic rings. The number of hydrogen-bond donors (Lipinski definition) is 1. The topological polar surface area (TPSA) is 69.0 Å². The molecule has 1 aromatic heterocycles. The lowest BCUT2D eigenvalue weighted by molar-refractivity contribution is -0.145. The summed E-state index contributed by atoms with van der Waals surface area (Å²) in [6.45, 7) is -0.829. The second-order valence-electron chi connectivity index (χ2n) is 5.79. The van der Waals surface area contributed by atoms with Crippen molar-refractivity contribution in [3.63, 3.8) is 0 Å². The minimum atomic E-state index is -5.27. The van der Waals surface area contributed by atoms with Gasteiger partial charge in [0.1, 0.15) is 29.0 Å². The number of alkyl halides is 6. The predicted molar refractivity (Wildman–Crippen MR) is 92.3 cm³/mol. The normalized spacial score (nSPS) is 11.7. The number of likely N-dealkylation sites (N-methyl/N-ethyl adjacent to an activating group) is 1. The maximum atomic E-state index is 13.1. The van der Waals surface area contributed by atoms with Gasteiger partial charge >= 0.3 is 12.4 Å². The van der Waals surface area contributed by atoms with Gasteiger partial charge in [0.2, 0.25) is 5.91 Å². The van der Waals surface area contributed by atoms with Crippen LogP contribution in [0.15, 0.2) is 24.3 Å². The minimum Gasteiger partial charge on any atom is -0.360 e. The van der Waals surface area contributed by atoms with Crippen molar-refractivity contribution in [2.75, 3.05) is 23.8 Å². The average Bonchev–Trinajstić information content (AvgIpc) is 2.63. The Kier molecular flexibility index (Phi) is 6.46. The maximum Gasteiger partial charge on any atom is 0.433 e. The second-order valence-corrected chi connectivity index (χ2v) is 6.20. The molecular weight excluding hydrogens is 445 g/mol. The van der Waals surface area contributed by atoms with Crippen LogP contribution in [-0.2, 0) is 17.1 Å². The first-order chi connectivity index (χ1) is 13.8. The second kappa shape index (κ2) is 8.35. The molecule has 160 valence electrons. The Balaban J connectivity index is 2.37. The van der Waals surface area contributed by atoms with Crippen LogP contribution in [0.4, 0.5) is 42.2 Å². The molecule has 1 N–H and O–H groups in total. The van der Waals surface area contributed by atoms with E-state index < -0.39 is 53.3 Å². The molecule has 0 aliphatic rings. The van der Waals surface area contributed by atoms with Gasteiger partial charge in [0, 0.05) is 7.05 Å². The molecule has 1 amide bonds. The zero-order chi connectivity index (χ0) is 22.9. The van der Waals surface area contributed by atoms with E-state index in [0.717, 1.165) is 29.2 Å². The molecule has 13 heteroatoms. The monoisotopic (exact) mass is 454 g/mol. The Morgan fingerprint density at radius 3 is 2.33 bits per heavy atom. The molecule has 30 heavy (non-hydrogen) atoms. The Morgan fingerprint density at radius 1 is 1.20 bits per heavy atom. The highest BCUT2D eigenvalue weighted by Gasteiger charge is 2.41. The SMILES string of the molecule is CN(C(=O)CNc1nc(C(F)(F)F)cc(C(F)(F)F)c1C#N)c1ccc(F)cc1Cl. The number of rotatable bonds is 4. The minimum absolute atomic E-state index is 0.0401. The third kappa shape index (κ3) is 5.10. The third-order valence-corrected chi connectivity index (χ3v) is 4.08. The number of nitrogens with one attached hydrogen (secondary N) is 1. The highest BCUT2D eigenvalue weighted by atomic mass is 35.5. The summed E-state index contributed by atoms with van der Waals surface area (Å²) in [6.07, 6.45) is -10.5. The molecule has 2 rings (SSSR count). The Hall–Kier alpha value is -3.07. The molecule has 0 bridgehead atoms. The standard InChI is InChI=1S/C17H10ClF7N4O/c1-29(12-3-2-8(19)4-11(12)18)14(30)7-27-15-9(6-26)10(16(20,21)22)5-13(28-15)17(23,24)25/h2-5H,7H2,1H3,(H,27,28). The molecule has 0 saturated heterocycles. The maximum absolute atomic E-state index is 13.1. The number of carbonyl (C=O) groups excluding carboxylic acids is 1. The van der Waals surface area contributed by atoms with Gasteiger partial charge in [-0.3, -0.25) is 4.79 Å². The fourth-order valence-electron chi connectivity index (χ4n) is 2.32. The molecule has 0 atom stereocenters. The smallest absolute Gasteiger partial charge is 0.360 e. The van der Waals surface area contributed by atoms with Crippen LogP contribution in [0.3, 0.4) is 0 Å². The number of benzene rings is 1. The van der Waals surface area contributed by atoms with E-state index in [4.69, 9.17) is 16.9 Å². The van der Waals surface area contributed by atoms with E-state index in [1.54, 1.807) is 0 Å². The molecule has 0 aliphatic heterocycles. The molecule has 0 saturated carbocycles. The zero-order valence-corrected chi connectivity index (χ0v) is 15.5. The van der Waals surface area contributed by atoms with Gasteiger partial charge in [0.05, 0.1) is 22.8 Å². The van der Waals surface area contributed by atoms with Gasteiger partial charge in [-0.05, 0) is 24.3 Å². The molecule has 0 radical (unpaired) electrons. The van der Waals surface area contributed by atoms with Gasteiger partial charge in [0.25, 0.3) is 0 Å². The van der Waals surface area contributed by atoms with E-state index in [1.165, 1.54) is 7.05 Å². The third-order valence-electron chi connectivity index (χ3n) is 3.78. The number of carbonyl (C=O) groups is 1.